The van der Waals surface area contributed by atoms with Gasteiger partial charge in [0.25, 0.3) is 5.91 Å². The number of hydrogen-bond donors (Lipinski definition) is 3. The molecule has 1 aromatic heterocycles. The normalized spacial score (nSPS) is 14.8. The fourth-order valence-corrected chi connectivity index (χ4v) is 3.74. The van der Waals surface area contributed by atoms with Gasteiger partial charge in [-0.2, -0.15) is 0 Å². The van der Waals surface area contributed by atoms with Gasteiger partial charge in [0.2, 0.25) is 15.9 Å². The number of benzene rings is 1. The van der Waals surface area contributed by atoms with Crippen LogP contribution in [-0.2, 0) is 21.4 Å². The first-order valence-corrected chi connectivity index (χ1v) is 9.06. The number of fused-ring (bicyclic) bond motifs is 3. The molecule has 9 nitrogen and oxygen atoms in total. The van der Waals surface area contributed by atoms with Crippen molar-refractivity contribution in [2.24, 2.45) is 0 Å². The lowest BCUT2D eigenvalue weighted by Gasteiger charge is -2.08. The zero-order valence-corrected chi connectivity index (χ0v) is 14.3. The van der Waals surface area contributed by atoms with Gasteiger partial charge in [-0.15, -0.1) is 0 Å². The molecule has 2 heterocycles. The number of imidazole rings is 1. The Kier molecular flexibility index (Phi) is 4.55. The third-order valence-electron chi connectivity index (χ3n) is 3.71. The van der Waals surface area contributed by atoms with Crippen molar-refractivity contribution in [2.45, 2.75) is 18.4 Å². The zero-order chi connectivity index (χ0) is 18.0. The molecule has 0 spiro atoms. The van der Waals surface area contributed by atoms with E-state index in [1.165, 1.54) is 19.3 Å². The number of aromatic nitrogens is 2. The summed E-state index contributed by atoms with van der Waals surface area (Å²) in [4.78, 5) is 27.4. The third kappa shape index (κ3) is 3.39. The van der Waals surface area contributed by atoms with E-state index in [-0.39, 0.29) is 29.6 Å². The largest absolute Gasteiger partial charge is 0.355 e. The first-order chi connectivity index (χ1) is 11.9. The van der Waals surface area contributed by atoms with E-state index in [0.717, 1.165) is 0 Å². The van der Waals surface area contributed by atoms with Gasteiger partial charge in [0.1, 0.15) is 11.2 Å². The summed E-state index contributed by atoms with van der Waals surface area (Å²) >= 11 is 0. The maximum absolute atomic E-state index is 12.3. The Morgan fingerprint density at radius 3 is 2.72 bits per heavy atom. The monoisotopic (exact) mass is 363 g/mol. The van der Waals surface area contributed by atoms with Gasteiger partial charge in [0, 0.05) is 20.0 Å². The summed E-state index contributed by atoms with van der Waals surface area (Å²) in [6, 6.07) is 6.51. The maximum Gasteiger partial charge on any atom is 0.271 e. The standard InChI is InChI=1S/C15H17N5O4S/c1-10(21)16-6-7-17-15(22)14-12-8-19-25(23,24)13-5-3-2-4-11(13)20(12)9-18-14/h2-5,9,19H,6-8H2,1H3,(H,16,21)(H,17,22). The van der Waals surface area contributed by atoms with E-state index in [0.29, 0.717) is 17.9 Å². The van der Waals surface area contributed by atoms with E-state index < -0.39 is 15.9 Å². The molecule has 0 saturated heterocycles. The second kappa shape index (κ2) is 6.65. The molecule has 0 atom stereocenters. The maximum atomic E-state index is 12.3. The van der Waals surface area contributed by atoms with Crippen LogP contribution in [0.25, 0.3) is 5.69 Å². The highest BCUT2D eigenvalue weighted by molar-refractivity contribution is 7.89. The third-order valence-corrected chi connectivity index (χ3v) is 5.16. The minimum Gasteiger partial charge on any atom is -0.355 e. The minimum atomic E-state index is -3.67. The summed E-state index contributed by atoms with van der Waals surface area (Å²) in [7, 11) is -3.67. The molecule has 2 aromatic rings. The Morgan fingerprint density at radius 2 is 1.96 bits per heavy atom. The number of amides is 2. The van der Waals surface area contributed by atoms with Gasteiger partial charge in [-0.1, -0.05) is 12.1 Å². The molecule has 1 aliphatic rings. The smallest absolute Gasteiger partial charge is 0.271 e. The van der Waals surface area contributed by atoms with Crippen LogP contribution in [0.5, 0.6) is 0 Å². The Labute approximate surface area is 144 Å². The number of hydrogen-bond acceptors (Lipinski definition) is 5. The highest BCUT2D eigenvalue weighted by Crippen LogP contribution is 2.26. The summed E-state index contributed by atoms with van der Waals surface area (Å²) in [5.41, 5.74) is 1.03. The zero-order valence-electron chi connectivity index (χ0n) is 13.4. The molecule has 0 bridgehead atoms. The van der Waals surface area contributed by atoms with Crippen LogP contribution in [0.3, 0.4) is 0 Å². The number of carbonyl (C=O) groups excluding carboxylic acids is 2. The van der Waals surface area contributed by atoms with Crippen molar-refractivity contribution in [1.82, 2.24) is 24.9 Å². The van der Waals surface area contributed by atoms with Gasteiger partial charge in [-0.05, 0) is 12.1 Å². The second-order valence-corrected chi connectivity index (χ2v) is 7.18. The molecular weight excluding hydrogens is 346 g/mol. The van der Waals surface area contributed by atoms with Crippen molar-refractivity contribution in [3.05, 3.63) is 42.0 Å². The van der Waals surface area contributed by atoms with Crippen LogP contribution in [0.1, 0.15) is 23.1 Å². The van der Waals surface area contributed by atoms with Crippen LogP contribution in [-0.4, -0.2) is 42.9 Å². The van der Waals surface area contributed by atoms with Crippen LogP contribution < -0.4 is 15.4 Å². The Morgan fingerprint density at radius 1 is 1.24 bits per heavy atom. The summed E-state index contributed by atoms with van der Waals surface area (Å²) in [5, 5.41) is 5.22. The molecule has 3 rings (SSSR count). The van der Waals surface area contributed by atoms with Crippen molar-refractivity contribution < 1.29 is 18.0 Å². The Bertz CT molecular complexity index is 935. The SMILES string of the molecule is CC(=O)NCCNC(=O)c1ncn2c1CNS(=O)(=O)c1ccccc1-2. The highest BCUT2D eigenvalue weighted by Gasteiger charge is 2.28. The molecular formula is C15H17N5O4S. The van der Waals surface area contributed by atoms with Crippen molar-refractivity contribution in [3.63, 3.8) is 0 Å². The van der Waals surface area contributed by atoms with Crippen LogP contribution in [0.4, 0.5) is 0 Å². The van der Waals surface area contributed by atoms with Gasteiger partial charge >= 0.3 is 0 Å². The minimum absolute atomic E-state index is 0.0501. The van der Waals surface area contributed by atoms with E-state index in [9.17, 15) is 18.0 Å². The van der Waals surface area contributed by atoms with E-state index >= 15 is 0 Å². The lowest BCUT2D eigenvalue weighted by Crippen LogP contribution is -2.34. The van der Waals surface area contributed by atoms with Crippen LogP contribution in [0.15, 0.2) is 35.5 Å². The molecule has 132 valence electrons. The van der Waals surface area contributed by atoms with Crippen molar-refractivity contribution >= 4 is 21.8 Å². The van der Waals surface area contributed by atoms with Crippen LogP contribution in [0.2, 0.25) is 0 Å². The predicted octanol–water partition coefficient (Wildman–Crippen LogP) is -0.470. The van der Waals surface area contributed by atoms with Gasteiger partial charge in [0.05, 0.1) is 17.9 Å². The van der Waals surface area contributed by atoms with Crippen LogP contribution in [0, 0.1) is 0 Å². The molecule has 10 heteroatoms. The highest BCUT2D eigenvalue weighted by atomic mass is 32.2. The van der Waals surface area contributed by atoms with Crippen molar-refractivity contribution in [1.29, 1.82) is 0 Å². The fourth-order valence-electron chi connectivity index (χ4n) is 2.56. The summed E-state index contributed by atoms with van der Waals surface area (Å²) < 4.78 is 28.7. The average molecular weight is 363 g/mol. The number of carbonyl (C=O) groups is 2. The van der Waals surface area contributed by atoms with Crippen LogP contribution >= 0.6 is 0 Å². The van der Waals surface area contributed by atoms with E-state index in [1.807, 2.05) is 0 Å². The van der Waals surface area contributed by atoms with Gasteiger partial charge in [-0.3, -0.25) is 14.2 Å². The molecule has 0 radical (unpaired) electrons. The van der Waals surface area contributed by atoms with Crippen molar-refractivity contribution in [2.75, 3.05) is 13.1 Å². The lowest BCUT2D eigenvalue weighted by atomic mass is 10.2. The molecule has 3 N–H and O–H groups in total. The van der Waals surface area contributed by atoms with Gasteiger partial charge in [0.15, 0.2) is 5.69 Å². The molecule has 0 aliphatic carbocycles. The second-order valence-electron chi connectivity index (χ2n) is 5.44. The Balaban J connectivity index is 1.88. The number of rotatable bonds is 4. The van der Waals surface area contributed by atoms with E-state index in [1.54, 1.807) is 22.8 Å². The number of para-hydroxylation sites is 1. The predicted molar refractivity (Wildman–Crippen MR) is 88.6 cm³/mol. The van der Waals surface area contributed by atoms with Gasteiger partial charge < -0.3 is 10.6 Å². The average Bonchev–Trinajstić information content (AvgIpc) is 2.96. The number of nitrogens with zero attached hydrogens (tertiary/aromatic N) is 2. The van der Waals surface area contributed by atoms with Crippen molar-refractivity contribution in [3.8, 4) is 5.69 Å². The first kappa shape index (κ1) is 17.1. The molecule has 1 aliphatic heterocycles. The van der Waals surface area contributed by atoms with Gasteiger partial charge in [-0.25, -0.2) is 18.1 Å². The molecule has 1 aromatic carbocycles. The number of nitrogens with one attached hydrogen (secondary N) is 3. The molecule has 0 fully saturated rings. The molecule has 0 saturated carbocycles. The summed E-state index contributed by atoms with van der Waals surface area (Å²) in [6.07, 6.45) is 1.43. The lowest BCUT2D eigenvalue weighted by molar-refractivity contribution is -0.118. The number of sulfonamides is 1. The fraction of sp³-hybridized carbons (Fsp3) is 0.267. The quantitative estimate of drug-likeness (QED) is 0.634. The first-order valence-electron chi connectivity index (χ1n) is 7.58. The summed E-state index contributed by atoms with van der Waals surface area (Å²) in [5.74, 6) is -0.617. The summed E-state index contributed by atoms with van der Waals surface area (Å²) in [6.45, 7) is 1.88. The molecule has 0 unspecified atom stereocenters. The topological polar surface area (TPSA) is 122 Å². The van der Waals surface area contributed by atoms with E-state index in [2.05, 4.69) is 20.3 Å². The van der Waals surface area contributed by atoms with E-state index in [4.69, 9.17) is 0 Å². The molecule has 25 heavy (non-hydrogen) atoms. The Hall–Kier alpha value is -2.72. The molecule has 2 amide bonds.